The first-order valence-corrected chi connectivity index (χ1v) is 7.97. The van der Waals surface area contributed by atoms with E-state index in [4.69, 9.17) is 23.7 Å². The fraction of sp³-hybridized carbons (Fsp3) is 0.200. The van der Waals surface area contributed by atoms with E-state index in [-0.39, 0.29) is 12.4 Å². The molecule has 1 aliphatic rings. The van der Waals surface area contributed by atoms with Gasteiger partial charge in [-0.25, -0.2) is 0 Å². The van der Waals surface area contributed by atoms with E-state index in [2.05, 4.69) is 0 Å². The molecule has 0 N–H and O–H groups in total. The average molecular weight is 367 g/mol. The molecule has 7 heteroatoms. The number of ether oxygens (including phenoxy) is 5. The van der Waals surface area contributed by atoms with E-state index < -0.39 is 5.78 Å². The second-order valence-electron chi connectivity index (χ2n) is 5.53. The highest BCUT2D eigenvalue weighted by Gasteiger charge is 2.19. The van der Waals surface area contributed by atoms with Crippen molar-refractivity contribution >= 4 is 11.9 Å². The van der Waals surface area contributed by atoms with Gasteiger partial charge in [-0.1, -0.05) is 0 Å². The molecule has 0 fully saturated rings. The van der Waals surface area contributed by atoms with E-state index in [0.717, 1.165) is 0 Å². The van der Waals surface area contributed by atoms with Gasteiger partial charge in [0.05, 0.1) is 21.3 Å². The highest BCUT2D eigenvalue weighted by Crippen LogP contribution is 2.39. The molecule has 0 atom stereocenters. The predicted octanol–water partition coefficient (Wildman–Crippen LogP) is 3.23. The molecule has 0 saturated heterocycles. The van der Waals surface area contributed by atoms with Crippen LogP contribution >= 0.6 is 0 Å². The van der Waals surface area contributed by atoms with Crippen molar-refractivity contribution in [2.45, 2.75) is 0 Å². The van der Waals surface area contributed by atoms with Crippen LogP contribution in [0.5, 0.6) is 28.7 Å². The van der Waals surface area contributed by atoms with Crippen LogP contribution in [0.25, 0.3) is 6.08 Å². The fourth-order valence-electron chi connectivity index (χ4n) is 2.69. The van der Waals surface area contributed by atoms with Gasteiger partial charge in [0.1, 0.15) is 11.6 Å². The fourth-order valence-corrected chi connectivity index (χ4v) is 2.69. The topological polar surface area (TPSA) is 87.0 Å². The molecule has 0 aromatic heterocycles. The van der Waals surface area contributed by atoms with Crippen LogP contribution in [0.2, 0.25) is 0 Å². The molecule has 0 aliphatic carbocycles. The van der Waals surface area contributed by atoms with E-state index >= 15 is 0 Å². The number of carbonyl (C=O) groups is 1. The van der Waals surface area contributed by atoms with Crippen LogP contribution in [-0.2, 0) is 0 Å². The van der Waals surface area contributed by atoms with Gasteiger partial charge in [0.25, 0.3) is 0 Å². The lowest BCUT2D eigenvalue weighted by atomic mass is 10.0. The maximum absolute atomic E-state index is 12.7. The Labute approximate surface area is 156 Å². The summed E-state index contributed by atoms with van der Waals surface area (Å²) >= 11 is 0. The van der Waals surface area contributed by atoms with Gasteiger partial charge in [-0.15, -0.1) is 0 Å². The van der Waals surface area contributed by atoms with Crippen molar-refractivity contribution in [2.75, 3.05) is 28.1 Å². The van der Waals surface area contributed by atoms with Crippen molar-refractivity contribution in [3.05, 3.63) is 47.0 Å². The number of nitriles is 1. The lowest BCUT2D eigenvalue weighted by Crippen LogP contribution is -2.02. The Kier molecular flexibility index (Phi) is 5.18. The van der Waals surface area contributed by atoms with Gasteiger partial charge < -0.3 is 23.7 Å². The van der Waals surface area contributed by atoms with Gasteiger partial charge in [0, 0.05) is 5.56 Å². The third-order valence-electron chi connectivity index (χ3n) is 4.00. The first-order valence-electron chi connectivity index (χ1n) is 7.97. The molecule has 0 radical (unpaired) electrons. The zero-order valence-electron chi connectivity index (χ0n) is 15.1. The van der Waals surface area contributed by atoms with Crippen molar-refractivity contribution < 1.29 is 28.5 Å². The van der Waals surface area contributed by atoms with Gasteiger partial charge in [-0.2, -0.15) is 5.26 Å². The van der Waals surface area contributed by atoms with Crippen molar-refractivity contribution in [3.8, 4) is 34.8 Å². The highest BCUT2D eigenvalue weighted by molar-refractivity contribution is 6.14. The van der Waals surface area contributed by atoms with Crippen LogP contribution in [0.1, 0.15) is 15.9 Å². The Balaban J connectivity index is 1.99. The SMILES string of the molecule is COc1cc(/C=C(\C#N)C(=O)c2ccc3c(c2)OCO3)cc(OC)c1OC. The standard InChI is InChI=1S/C20H17NO6/c1-23-17-7-12(8-18(24-2)20(17)25-3)6-14(10-21)19(22)13-4-5-15-16(9-13)27-11-26-15/h4-9H,11H2,1-3H3/b14-6+. The Hall–Kier alpha value is -3.66. The third kappa shape index (κ3) is 3.51. The van der Waals surface area contributed by atoms with Crippen molar-refractivity contribution in [1.82, 2.24) is 0 Å². The molecule has 1 heterocycles. The van der Waals surface area contributed by atoms with E-state index in [1.807, 2.05) is 6.07 Å². The average Bonchev–Trinajstić information content (AvgIpc) is 3.18. The molecule has 0 bridgehead atoms. The number of Topliss-reactive ketones (excluding diaryl/α,β-unsaturated/α-hetero) is 1. The minimum Gasteiger partial charge on any atom is -0.493 e. The number of allylic oxidation sites excluding steroid dienone is 1. The van der Waals surface area contributed by atoms with Crippen molar-refractivity contribution in [1.29, 1.82) is 5.26 Å². The lowest BCUT2D eigenvalue weighted by molar-refractivity contribution is 0.103. The molecule has 138 valence electrons. The van der Waals surface area contributed by atoms with Gasteiger partial charge in [-0.3, -0.25) is 4.79 Å². The number of nitrogens with zero attached hydrogens (tertiary/aromatic N) is 1. The molecular formula is C20H17NO6. The van der Waals surface area contributed by atoms with Crippen LogP contribution in [0.4, 0.5) is 0 Å². The summed E-state index contributed by atoms with van der Waals surface area (Å²) in [6, 6.07) is 10.1. The minimum absolute atomic E-state index is 0.0388. The van der Waals surface area contributed by atoms with Crippen molar-refractivity contribution in [2.24, 2.45) is 0 Å². The second kappa shape index (κ2) is 7.70. The molecular weight excluding hydrogens is 350 g/mol. The molecule has 0 saturated carbocycles. The first-order chi connectivity index (χ1) is 13.1. The number of hydrogen-bond donors (Lipinski definition) is 0. The summed E-state index contributed by atoms with van der Waals surface area (Å²) in [5, 5.41) is 9.48. The summed E-state index contributed by atoms with van der Waals surface area (Å²) in [6.45, 7) is 0.110. The van der Waals surface area contributed by atoms with Gasteiger partial charge in [-0.05, 0) is 42.0 Å². The summed E-state index contributed by atoms with van der Waals surface area (Å²) in [5.41, 5.74) is 0.859. The zero-order chi connectivity index (χ0) is 19.4. The summed E-state index contributed by atoms with van der Waals surface area (Å²) in [5.74, 6) is 1.90. The van der Waals surface area contributed by atoms with Crippen LogP contribution < -0.4 is 23.7 Å². The summed E-state index contributed by atoms with van der Waals surface area (Å²) in [6.07, 6.45) is 1.47. The molecule has 2 aromatic rings. The monoisotopic (exact) mass is 367 g/mol. The second-order valence-corrected chi connectivity index (χ2v) is 5.53. The molecule has 3 rings (SSSR count). The number of carbonyl (C=O) groups excluding carboxylic acids is 1. The van der Waals surface area contributed by atoms with Gasteiger partial charge in [0.2, 0.25) is 18.3 Å². The van der Waals surface area contributed by atoms with Gasteiger partial charge >= 0.3 is 0 Å². The van der Waals surface area contributed by atoms with E-state index in [0.29, 0.717) is 39.9 Å². The van der Waals surface area contributed by atoms with E-state index in [1.165, 1.54) is 27.4 Å². The largest absolute Gasteiger partial charge is 0.493 e. The molecule has 0 unspecified atom stereocenters. The first kappa shape index (κ1) is 18.1. The summed E-state index contributed by atoms with van der Waals surface area (Å²) in [4.78, 5) is 12.7. The molecule has 0 spiro atoms. The highest BCUT2D eigenvalue weighted by atomic mass is 16.7. The number of ketones is 1. The lowest BCUT2D eigenvalue weighted by Gasteiger charge is -2.13. The number of methoxy groups -OCH3 is 3. The van der Waals surface area contributed by atoms with Gasteiger partial charge in [0.15, 0.2) is 23.0 Å². The third-order valence-corrected chi connectivity index (χ3v) is 4.00. The Morgan fingerprint density at radius 1 is 1.04 bits per heavy atom. The van der Waals surface area contributed by atoms with Crippen LogP contribution in [-0.4, -0.2) is 33.9 Å². The predicted molar refractivity (Wildman–Crippen MR) is 96.6 cm³/mol. The molecule has 27 heavy (non-hydrogen) atoms. The minimum atomic E-state index is -0.426. The smallest absolute Gasteiger partial charge is 0.231 e. The summed E-state index contributed by atoms with van der Waals surface area (Å²) in [7, 11) is 4.49. The molecule has 1 aliphatic heterocycles. The Morgan fingerprint density at radius 2 is 1.70 bits per heavy atom. The molecule has 7 nitrogen and oxygen atoms in total. The summed E-state index contributed by atoms with van der Waals surface area (Å²) < 4.78 is 26.4. The quantitative estimate of drug-likeness (QED) is 0.440. The van der Waals surface area contributed by atoms with Crippen LogP contribution in [0.15, 0.2) is 35.9 Å². The number of fused-ring (bicyclic) bond motifs is 1. The normalized spacial score (nSPS) is 12.3. The molecule has 2 aromatic carbocycles. The van der Waals surface area contributed by atoms with E-state index in [9.17, 15) is 10.1 Å². The maximum atomic E-state index is 12.7. The van der Waals surface area contributed by atoms with E-state index in [1.54, 1.807) is 30.3 Å². The zero-order valence-corrected chi connectivity index (χ0v) is 15.1. The molecule has 0 amide bonds. The maximum Gasteiger partial charge on any atom is 0.231 e. The number of hydrogen-bond acceptors (Lipinski definition) is 7. The van der Waals surface area contributed by atoms with Crippen LogP contribution in [0.3, 0.4) is 0 Å². The van der Waals surface area contributed by atoms with Crippen LogP contribution in [0, 0.1) is 11.3 Å². The Morgan fingerprint density at radius 3 is 2.30 bits per heavy atom. The number of benzene rings is 2. The Bertz CT molecular complexity index is 932. The van der Waals surface area contributed by atoms with Crippen molar-refractivity contribution in [3.63, 3.8) is 0 Å². The number of rotatable bonds is 6.